The van der Waals surface area contributed by atoms with Crippen LogP contribution in [0.25, 0.3) is 0 Å². The Balaban J connectivity index is -0.000000115. The molecule has 35 heteroatoms. The minimum absolute atomic E-state index is 0. The zero-order chi connectivity index (χ0) is 31.8. The van der Waals surface area contributed by atoms with Crippen LogP contribution in [0.3, 0.4) is 0 Å². The van der Waals surface area contributed by atoms with Gasteiger partial charge in [0.05, 0.1) is 0 Å². The van der Waals surface area contributed by atoms with Gasteiger partial charge in [0, 0.05) is 77.0 Å². The van der Waals surface area contributed by atoms with E-state index >= 15 is 0 Å². The predicted octanol–water partition coefficient (Wildman–Crippen LogP) is -31.0. The van der Waals surface area contributed by atoms with Crippen LogP contribution in [0, 0.1) is 0 Å². The number of hydrogen-bond donors (Lipinski definition) is 0. The van der Waals surface area contributed by atoms with Crippen LogP contribution in [-0.2, 0) is 27.4 Å². The van der Waals surface area contributed by atoms with Crippen molar-refractivity contribution < 1.29 is 300 Å². The van der Waals surface area contributed by atoms with Crippen LogP contribution in [-0.4, -0.2) is 96.6 Å². The molecule has 0 bridgehead atoms. The summed E-state index contributed by atoms with van der Waals surface area (Å²) < 4.78 is 66.7. The summed E-state index contributed by atoms with van der Waals surface area (Å²) in [7, 11) is -32.5. The van der Waals surface area contributed by atoms with Crippen molar-refractivity contribution in [3.63, 3.8) is 0 Å². The van der Waals surface area contributed by atoms with E-state index in [0.717, 1.165) is 0 Å². The fraction of sp³-hybridized carbons (Fsp3) is 1.00. The third-order valence-electron chi connectivity index (χ3n) is 4.44. The van der Waals surface area contributed by atoms with Gasteiger partial charge in [-0.15, -0.1) is 0 Å². The fourth-order valence-electron chi connectivity index (χ4n) is 3.20. The van der Waals surface area contributed by atoms with Gasteiger partial charge in [0.1, 0.15) is 0 Å². The Hall–Kier alpha value is 7.74. The maximum atomic E-state index is 11.3. The first-order valence-electron chi connectivity index (χ1n) is 10.5. The quantitative estimate of drug-likeness (QED) is 0.0763. The van der Waals surface area contributed by atoms with Gasteiger partial charge in [0.2, 0.25) is 0 Å². The molecule has 0 aromatic heterocycles. The van der Waals surface area contributed by atoms with Crippen molar-refractivity contribution in [1.29, 1.82) is 0 Å². The van der Waals surface area contributed by atoms with Gasteiger partial charge in [-0.25, -0.2) is 0 Å². The molecule has 0 fully saturated rings. The molecule has 0 aliphatic heterocycles. The average Bonchev–Trinajstić information content (AvgIpc) is 2.60. The van der Waals surface area contributed by atoms with Crippen molar-refractivity contribution in [1.82, 2.24) is 19.6 Å². The Morgan fingerprint density at radius 1 is 0.277 bits per heavy atom. The first-order valence-corrected chi connectivity index (χ1v) is 20.8. The predicted molar refractivity (Wildman–Crippen MR) is 117 cm³/mol. The van der Waals surface area contributed by atoms with Gasteiger partial charge >= 0.3 is 214 Å². The smallest absolute Gasteiger partial charge is 0.810 e. The Labute approximate surface area is 434 Å². The fourth-order valence-corrected chi connectivity index (χ4v) is 7.98. The molecule has 0 rings (SSSR count). The summed E-state index contributed by atoms with van der Waals surface area (Å²) >= 11 is 0. The second-order valence-corrected chi connectivity index (χ2v) is 17.6. The standard InChI is InChI=1S/C12H36N4O18P6.7Na/c17-35(18,19)7-13(3-5-15(9-37(23,24)25)10-38(26,27)28)1-2-14(8-36(20,21)22)4-6-16(11-39(29,30)31)12-40(32,33)34;;;;;;;/h1-12H2,(H2,17,18,19)(H2,20,21,22)(H2,23,24,25)(H2,26,27,28)(H2,29,30,31)(H2,32,33,34);;;;;;;/q;7*+1/p-7. The maximum Gasteiger partial charge on any atom is 1.00 e. The Bertz CT molecular complexity index is 993. The van der Waals surface area contributed by atoms with Gasteiger partial charge in [-0.1, -0.05) is 45.6 Å². The number of hydrogen-bond acceptors (Lipinski definition) is 22. The van der Waals surface area contributed by atoms with E-state index in [-0.39, 0.29) is 214 Å². The second kappa shape index (κ2) is 32.6. The molecule has 0 unspecified atom stereocenters. The molecule has 0 aliphatic rings. The van der Waals surface area contributed by atoms with E-state index in [0.29, 0.717) is 19.6 Å². The molecular weight excluding hydrogens is 835 g/mol. The maximum absolute atomic E-state index is 11.3. The zero-order valence-electron chi connectivity index (χ0n) is 32.3. The largest absolute Gasteiger partial charge is 1.00 e. The molecule has 0 saturated heterocycles. The topological polar surface area (TPSA) is 392 Å². The summed E-state index contributed by atoms with van der Waals surface area (Å²) in [5, 5.41) is 0. The van der Waals surface area contributed by atoms with Gasteiger partial charge in [-0.2, -0.15) is 0 Å². The normalized spacial score (nSPS) is 12.5. The molecular formula is C12H29N4Na7O18P6. The summed E-state index contributed by atoms with van der Waals surface area (Å²) in [5.41, 5.74) is 0. The van der Waals surface area contributed by atoms with Crippen LogP contribution in [0.1, 0.15) is 7.13 Å². The van der Waals surface area contributed by atoms with Gasteiger partial charge in [-0.3, -0.25) is 19.6 Å². The molecule has 0 atom stereocenters. The third-order valence-corrected chi connectivity index (χ3v) is 8.92. The minimum atomic E-state index is -5.42. The SMILES string of the molecule is O=P([O-])([O-])CN(CCN(CCN(CP(=O)([O-])[O-])CP(=O)([O-])[O-])CP(=O)([O-])[O-])CCN(CP(=O)([O-])[O-])CP(=O)([O-])[O-].[H+].[H+].[H+].[H+].[H+].[Na+].[Na+].[Na+].[Na+].[Na+].[Na+].[Na+]. The van der Waals surface area contributed by atoms with Gasteiger partial charge in [-0.05, 0) is 0 Å². The summed E-state index contributed by atoms with van der Waals surface area (Å²) in [6, 6.07) is 0. The molecule has 0 amide bonds. The monoisotopic (exact) mass is 864 g/mol. The Kier molecular flexibility index (Phi) is 50.2. The van der Waals surface area contributed by atoms with E-state index in [9.17, 15) is 86.1 Å². The summed E-state index contributed by atoms with van der Waals surface area (Å²) in [6.45, 7) is -4.20. The van der Waals surface area contributed by atoms with E-state index < -0.39 is 123 Å². The molecule has 0 spiro atoms. The van der Waals surface area contributed by atoms with E-state index in [4.69, 9.17) is 0 Å². The van der Waals surface area contributed by atoms with Gasteiger partial charge in [0.15, 0.2) is 0 Å². The molecule has 0 aromatic carbocycles. The number of rotatable bonds is 21. The minimum Gasteiger partial charge on any atom is -0.810 e. The molecule has 0 aliphatic carbocycles. The molecule has 0 aromatic rings. The third kappa shape index (κ3) is 51.7. The van der Waals surface area contributed by atoms with Crippen molar-refractivity contribution >= 4 is 45.6 Å². The van der Waals surface area contributed by atoms with Gasteiger partial charge < -0.3 is 86.1 Å². The number of nitrogens with zero attached hydrogens (tertiary/aromatic N) is 4. The first kappa shape index (κ1) is 72.4. The Morgan fingerprint density at radius 2 is 0.383 bits per heavy atom. The summed E-state index contributed by atoms with van der Waals surface area (Å²) in [4.78, 5) is 135. The van der Waals surface area contributed by atoms with Gasteiger partial charge in [0.25, 0.3) is 0 Å². The van der Waals surface area contributed by atoms with E-state index in [1.807, 2.05) is 0 Å². The van der Waals surface area contributed by atoms with Crippen LogP contribution in [0.15, 0.2) is 0 Å². The Morgan fingerprint density at radius 3 is 0.511 bits per heavy atom. The van der Waals surface area contributed by atoms with Crippen LogP contribution >= 0.6 is 45.6 Å². The van der Waals surface area contributed by atoms with E-state index in [2.05, 4.69) is 0 Å². The summed E-state index contributed by atoms with van der Waals surface area (Å²) in [5.74, 6) is 0. The molecule has 242 valence electrons. The molecule has 0 saturated carbocycles. The van der Waals surface area contributed by atoms with Crippen LogP contribution in [0.5, 0.6) is 0 Å². The second-order valence-electron chi connectivity index (χ2n) is 8.54. The zero-order valence-corrected chi connectivity index (χ0v) is 46.7. The van der Waals surface area contributed by atoms with Crippen molar-refractivity contribution in [2.24, 2.45) is 0 Å². The van der Waals surface area contributed by atoms with Crippen molar-refractivity contribution in [3.05, 3.63) is 0 Å². The summed E-state index contributed by atoms with van der Waals surface area (Å²) in [6.07, 6.45) is -8.51. The molecule has 47 heavy (non-hydrogen) atoms. The van der Waals surface area contributed by atoms with Crippen molar-refractivity contribution in [3.8, 4) is 0 Å². The molecule has 22 nitrogen and oxygen atoms in total. The van der Waals surface area contributed by atoms with Crippen molar-refractivity contribution in [2.45, 2.75) is 0 Å². The van der Waals surface area contributed by atoms with Crippen LogP contribution < -0.4 is 266 Å². The van der Waals surface area contributed by atoms with Crippen LogP contribution in [0.4, 0.5) is 0 Å². The molecule has 0 N–H and O–H groups in total. The first-order chi connectivity index (χ1) is 17.5. The molecule has 0 heterocycles. The van der Waals surface area contributed by atoms with Crippen LogP contribution in [0.2, 0.25) is 0 Å². The van der Waals surface area contributed by atoms with E-state index in [1.54, 1.807) is 0 Å². The molecule has 0 radical (unpaired) electrons. The average molecular weight is 864 g/mol. The van der Waals surface area contributed by atoms with E-state index in [1.165, 1.54) is 0 Å². The van der Waals surface area contributed by atoms with Crippen molar-refractivity contribution in [2.75, 3.05) is 77.0 Å².